The van der Waals surface area contributed by atoms with Gasteiger partial charge in [0.2, 0.25) is 11.9 Å². The van der Waals surface area contributed by atoms with Crippen LogP contribution in [0.5, 0.6) is 0 Å². The smallest absolute Gasteiger partial charge is 0.229 e. The lowest BCUT2D eigenvalue weighted by Gasteiger charge is -2.37. The number of carbonyl (C=O) groups is 1. The average Bonchev–Trinajstić information content (AvgIpc) is 2.88. The second-order valence-electron chi connectivity index (χ2n) is 9.72. The number of morpholine rings is 2. The highest BCUT2D eigenvalue weighted by atomic mass is 16.5. The summed E-state index contributed by atoms with van der Waals surface area (Å²) >= 11 is 0. The number of hydrogen-bond donors (Lipinski definition) is 0. The van der Waals surface area contributed by atoms with E-state index >= 15 is 0 Å². The van der Waals surface area contributed by atoms with Gasteiger partial charge in [0.1, 0.15) is 5.82 Å². The maximum absolute atomic E-state index is 11.6. The van der Waals surface area contributed by atoms with Gasteiger partial charge in [0.05, 0.1) is 49.6 Å². The maximum Gasteiger partial charge on any atom is 0.229 e. The molecule has 0 bridgehead atoms. The lowest BCUT2D eigenvalue weighted by atomic mass is 10.1. The van der Waals surface area contributed by atoms with Crippen LogP contribution < -0.4 is 9.80 Å². The second-order valence-corrected chi connectivity index (χ2v) is 9.72. The fraction of sp³-hybridized carbons (Fsp3) is 0.481. The molecule has 0 unspecified atom stereocenters. The number of rotatable bonds is 5. The van der Waals surface area contributed by atoms with Crippen LogP contribution in [0, 0.1) is 0 Å². The van der Waals surface area contributed by atoms with Crippen molar-refractivity contribution in [2.45, 2.75) is 39.4 Å². The number of amides is 1. The number of ether oxygens (including phenoxy) is 2. The molecule has 2 fully saturated rings. The van der Waals surface area contributed by atoms with Crippen LogP contribution in [-0.2, 0) is 20.8 Å². The van der Waals surface area contributed by atoms with Gasteiger partial charge in [0, 0.05) is 39.2 Å². The van der Waals surface area contributed by atoms with E-state index in [1.807, 2.05) is 18.2 Å². The summed E-state index contributed by atoms with van der Waals surface area (Å²) in [6.45, 7) is 10.7. The third-order valence-electron chi connectivity index (χ3n) is 7.00. The lowest BCUT2D eigenvalue weighted by molar-refractivity contribution is -0.128. The van der Waals surface area contributed by atoms with Crippen molar-refractivity contribution in [3.05, 3.63) is 42.0 Å². The van der Waals surface area contributed by atoms with Gasteiger partial charge in [-0.2, -0.15) is 9.97 Å². The molecule has 4 heterocycles. The van der Waals surface area contributed by atoms with E-state index in [0.29, 0.717) is 44.6 Å². The van der Waals surface area contributed by atoms with Crippen LogP contribution >= 0.6 is 0 Å². The molecule has 2 aromatic heterocycles. The molecule has 0 radical (unpaired) electrons. The summed E-state index contributed by atoms with van der Waals surface area (Å²) in [6, 6.07) is 12.7. The van der Waals surface area contributed by atoms with Crippen LogP contribution in [0.1, 0.15) is 26.3 Å². The fourth-order valence-electron chi connectivity index (χ4n) is 4.72. The van der Waals surface area contributed by atoms with E-state index in [2.05, 4.69) is 41.8 Å². The van der Waals surface area contributed by atoms with Crippen LogP contribution in [0.3, 0.4) is 0 Å². The van der Waals surface area contributed by atoms with Gasteiger partial charge in [0.15, 0.2) is 5.65 Å². The van der Waals surface area contributed by atoms with Crippen molar-refractivity contribution in [3.8, 4) is 11.3 Å². The number of hydrogen-bond acceptors (Lipinski definition) is 8. The molecule has 2 saturated heterocycles. The highest BCUT2D eigenvalue weighted by Gasteiger charge is 2.27. The Morgan fingerprint density at radius 1 is 0.944 bits per heavy atom. The normalized spacial score (nSPS) is 20.6. The van der Waals surface area contributed by atoms with Gasteiger partial charge in [-0.3, -0.25) is 4.79 Å². The third-order valence-corrected chi connectivity index (χ3v) is 7.00. The number of aromatic nitrogens is 3. The van der Waals surface area contributed by atoms with Crippen molar-refractivity contribution in [3.63, 3.8) is 0 Å². The second kappa shape index (κ2) is 10.4. The molecule has 1 aromatic carbocycles. The Balaban J connectivity index is 1.54. The van der Waals surface area contributed by atoms with E-state index in [0.717, 1.165) is 41.1 Å². The highest BCUT2D eigenvalue weighted by molar-refractivity contribution is 5.90. The van der Waals surface area contributed by atoms with Crippen LogP contribution in [0.25, 0.3) is 22.3 Å². The number of fused-ring (bicyclic) bond motifs is 1. The lowest BCUT2D eigenvalue weighted by Crippen LogP contribution is -2.46. The van der Waals surface area contributed by atoms with Crippen molar-refractivity contribution >= 4 is 28.7 Å². The minimum absolute atomic E-state index is 0.0470. The molecule has 0 aliphatic carbocycles. The van der Waals surface area contributed by atoms with E-state index in [9.17, 15) is 4.79 Å². The van der Waals surface area contributed by atoms with Gasteiger partial charge in [-0.1, -0.05) is 24.3 Å². The van der Waals surface area contributed by atoms with Gasteiger partial charge >= 0.3 is 0 Å². The van der Waals surface area contributed by atoms with Gasteiger partial charge in [0.25, 0.3) is 0 Å². The zero-order chi connectivity index (χ0) is 25.2. The number of carbonyl (C=O) groups excluding carboxylic acids is 1. The van der Waals surface area contributed by atoms with E-state index < -0.39 is 0 Å². The summed E-state index contributed by atoms with van der Waals surface area (Å²) in [4.78, 5) is 32.8. The summed E-state index contributed by atoms with van der Waals surface area (Å²) in [5, 5.41) is 0.942. The molecular weight excluding hydrogens is 456 g/mol. The Bertz CT molecular complexity index is 1230. The van der Waals surface area contributed by atoms with Crippen molar-refractivity contribution in [1.82, 2.24) is 19.9 Å². The largest absolute Gasteiger partial charge is 0.377 e. The Hall–Kier alpha value is -3.30. The van der Waals surface area contributed by atoms with E-state index in [-0.39, 0.29) is 18.0 Å². The SMILES string of the molecule is CC(=O)N(C)Cc1ccc(-c2ccc3c(N4CCOC[C@@H]4C)nc(N4CCOC[C@H]4C)nc3n2)cc1. The van der Waals surface area contributed by atoms with Crippen LogP contribution in [0.4, 0.5) is 11.8 Å². The van der Waals surface area contributed by atoms with Crippen molar-refractivity contribution in [1.29, 1.82) is 0 Å². The maximum atomic E-state index is 11.6. The summed E-state index contributed by atoms with van der Waals surface area (Å²) in [6.07, 6.45) is 0. The van der Waals surface area contributed by atoms with Gasteiger partial charge in [-0.05, 0) is 31.5 Å². The highest BCUT2D eigenvalue weighted by Crippen LogP contribution is 2.31. The number of benzene rings is 1. The molecule has 2 aliphatic rings. The molecule has 0 saturated carbocycles. The first-order chi connectivity index (χ1) is 17.4. The quantitative estimate of drug-likeness (QED) is 0.540. The number of nitrogens with zero attached hydrogens (tertiary/aromatic N) is 6. The topological polar surface area (TPSA) is 83.9 Å². The third kappa shape index (κ3) is 4.99. The van der Waals surface area contributed by atoms with Gasteiger partial charge < -0.3 is 24.2 Å². The first-order valence-corrected chi connectivity index (χ1v) is 12.6. The minimum Gasteiger partial charge on any atom is -0.377 e. The Kier molecular flexibility index (Phi) is 7.02. The molecule has 9 heteroatoms. The fourth-order valence-corrected chi connectivity index (χ4v) is 4.72. The summed E-state index contributed by atoms with van der Waals surface area (Å²) in [5.41, 5.74) is 3.62. The first-order valence-electron chi connectivity index (χ1n) is 12.6. The van der Waals surface area contributed by atoms with E-state index in [4.69, 9.17) is 24.4 Å². The van der Waals surface area contributed by atoms with E-state index in [1.54, 1.807) is 18.9 Å². The zero-order valence-corrected chi connectivity index (χ0v) is 21.5. The Morgan fingerprint density at radius 2 is 1.61 bits per heavy atom. The first kappa shape index (κ1) is 24.4. The summed E-state index contributed by atoms with van der Waals surface area (Å²) in [5.74, 6) is 1.65. The molecule has 2 aliphatic heterocycles. The van der Waals surface area contributed by atoms with E-state index in [1.165, 1.54) is 0 Å². The molecule has 0 N–H and O–H groups in total. The Morgan fingerprint density at radius 3 is 2.25 bits per heavy atom. The van der Waals surface area contributed by atoms with Crippen LogP contribution in [0.2, 0.25) is 0 Å². The standard InChI is InChI=1S/C27H34N6O3/c1-18-16-35-13-11-32(18)26-23-9-10-24(22-7-5-21(6-8-22)15-31(4)20(3)34)28-25(23)29-27(30-26)33-12-14-36-17-19(33)2/h5-10,18-19H,11-17H2,1-4H3/t18-,19+/m0/s1. The number of anilines is 2. The molecule has 190 valence electrons. The van der Waals surface area contributed by atoms with Gasteiger partial charge in [-0.25, -0.2) is 4.98 Å². The molecule has 0 spiro atoms. The predicted octanol–water partition coefficient (Wildman–Crippen LogP) is 3.12. The average molecular weight is 491 g/mol. The van der Waals surface area contributed by atoms with Crippen LogP contribution in [-0.4, -0.2) is 84.4 Å². The molecule has 3 aromatic rings. The van der Waals surface area contributed by atoms with Crippen molar-refractivity contribution in [2.24, 2.45) is 0 Å². The van der Waals surface area contributed by atoms with Gasteiger partial charge in [-0.15, -0.1) is 0 Å². The van der Waals surface area contributed by atoms with Crippen molar-refractivity contribution < 1.29 is 14.3 Å². The predicted molar refractivity (Wildman–Crippen MR) is 140 cm³/mol. The molecule has 9 nitrogen and oxygen atoms in total. The zero-order valence-electron chi connectivity index (χ0n) is 21.5. The summed E-state index contributed by atoms with van der Waals surface area (Å²) < 4.78 is 11.3. The monoisotopic (exact) mass is 490 g/mol. The van der Waals surface area contributed by atoms with Crippen molar-refractivity contribution in [2.75, 3.05) is 56.4 Å². The summed E-state index contributed by atoms with van der Waals surface area (Å²) in [7, 11) is 1.81. The molecule has 2 atom stereocenters. The van der Waals surface area contributed by atoms with Crippen LogP contribution in [0.15, 0.2) is 36.4 Å². The molecule has 36 heavy (non-hydrogen) atoms. The minimum atomic E-state index is 0.0470. The molecular formula is C27H34N6O3. The molecule has 5 rings (SSSR count). The Labute approximate surface area is 212 Å². The number of pyridine rings is 1. The molecule has 1 amide bonds.